The SMILES string of the molecule is O/N=C(/Cl)C1CCCCC1. The highest BCUT2D eigenvalue weighted by Crippen LogP contribution is 2.25. The van der Waals surface area contributed by atoms with Crippen LogP contribution in [-0.4, -0.2) is 10.4 Å². The Morgan fingerprint density at radius 3 is 2.40 bits per heavy atom. The molecule has 1 rings (SSSR count). The number of hydrogen-bond donors (Lipinski definition) is 1. The van der Waals surface area contributed by atoms with Crippen LogP contribution >= 0.6 is 11.6 Å². The fourth-order valence-electron chi connectivity index (χ4n) is 1.42. The van der Waals surface area contributed by atoms with Gasteiger partial charge in [0, 0.05) is 5.92 Å². The molecule has 1 fully saturated rings. The summed E-state index contributed by atoms with van der Waals surface area (Å²) < 4.78 is 0. The first-order valence-corrected chi connectivity index (χ1v) is 4.10. The molecule has 0 aromatic rings. The van der Waals surface area contributed by atoms with E-state index >= 15 is 0 Å². The maximum atomic E-state index is 8.34. The molecule has 0 saturated heterocycles. The maximum Gasteiger partial charge on any atom is 0.148 e. The van der Waals surface area contributed by atoms with E-state index in [1.807, 2.05) is 0 Å². The van der Waals surface area contributed by atoms with Crippen LogP contribution in [0, 0.1) is 5.92 Å². The zero-order valence-electron chi connectivity index (χ0n) is 5.89. The topological polar surface area (TPSA) is 32.6 Å². The lowest BCUT2D eigenvalue weighted by Crippen LogP contribution is -2.12. The molecule has 1 N–H and O–H groups in total. The first kappa shape index (κ1) is 7.86. The van der Waals surface area contributed by atoms with Crippen LogP contribution in [0.5, 0.6) is 0 Å². The van der Waals surface area contributed by atoms with Gasteiger partial charge in [-0.2, -0.15) is 0 Å². The molecule has 2 nitrogen and oxygen atoms in total. The van der Waals surface area contributed by atoms with E-state index in [0.29, 0.717) is 11.1 Å². The molecule has 0 radical (unpaired) electrons. The van der Waals surface area contributed by atoms with Gasteiger partial charge in [-0.05, 0) is 12.8 Å². The van der Waals surface area contributed by atoms with Crippen LogP contribution in [0.2, 0.25) is 0 Å². The fraction of sp³-hybridized carbons (Fsp3) is 0.857. The van der Waals surface area contributed by atoms with Crippen molar-refractivity contribution in [2.75, 3.05) is 0 Å². The van der Waals surface area contributed by atoms with Crippen LogP contribution < -0.4 is 0 Å². The van der Waals surface area contributed by atoms with Gasteiger partial charge in [-0.3, -0.25) is 0 Å². The Morgan fingerprint density at radius 2 is 1.90 bits per heavy atom. The molecular formula is C7H12ClNO. The molecule has 10 heavy (non-hydrogen) atoms. The van der Waals surface area contributed by atoms with Gasteiger partial charge < -0.3 is 5.21 Å². The van der Waals surface area contributed by atoms with Crippen LogP contribution in [0.4, 0.5) is 0 Å². The van der Waals surface area contributed by atoms with Crippen LogP contribution in [0.3, 0.4) is 0 Å². The molecular weight excluding hydrogens is 150 g/mol. The summed E-state index contributed by atoms with van der Waals surface area (Å²) in [5.74, 6) is 0.334. The van der Waals surface area contributed by atoms with Crippen molar-refractivity contribution < 1.29 is 5.21 Å². The summed E-state index contributed by atoms with van der Waals surface area (Å²) in [5.41, 5.74) is 0. The van der Waals surface area contributed by atoms with Gasteiger partial charge in [0.15, 0.2) is 0 Å². The summed E-state index contributed by atoms with van der Waals surface area (Å²) in [7, 11) is 0. The third-order valence-electron chi connectivity index (χ3n) is 2.04. The van der Waals surface area contributed by atoms with Crippen molar-refractivity contribution in [2.45, 2.75) is 32.1 Å². The Balaban J connectivity index is 2.39. The molecule has 0 bridgehead atoms. The van der Waals surface area contributed by atoms with E-state index in [-0.39, 0.29) is 0 Å². The molecule has 0 aromatic heterocycles. The molecule has 0 heterocycles. The van der Waals surface area contributed by atoms with E-state index in [0.717, 1.165) is 12.8 Å². The Kier molecular flexibility index (Phi) is 3.00. The first-order chi connectivity index (χ1) is 4.84. The van der Waals surface area contributed by atoms with Crippen molar-refractivity contribution in [3.05, 3.63) is 0 Å². The molecule has 0 aliphatic heterocycles. The van der Waals surface area contributed by atoms with E-state index < -0.39 is 0 Å². The predicted molar refractivity (Wildman–Crippen MR) is 41.6 cm³/mol. The molecule has 0 amide bonds. The van der Waals surface area contributed by atoms with Crippen molar-refractivity contribution in [2.24, 2.45) is 11.1 Å². The van der Waals surface area contributed by atoms with Gasteiger partial charge in [0.25, 0.3) is 0 Å². The highest BCUT2D eigenvalue weighted by atomic mass is 35.5. The number of oxime groups is 1. The predicted octanol–water partition coefficient (Wildman–Crippen LogP) is 2.59. The summed E-state index contributed by atoms with van der Waals surface area (Å²) in [6.45, 7) is 0. The van der Waals surface area contributed by atoms with Gasteiger partial charge in [-0.25, -0.2) is 0 Å². The van der Waals surface area contributed by atoms with Gasteiger partial charge in [0.1, 0.15) is 5.17 Å². The van der Waals surface area contributed by atoms with E-state index in [1.165, 1.54) is 19.3 Å². The standard InChI is InChI=1S/C7H12ClNO/c8-7(9-10)6-4-2-1-3-5-6/h6,10H,1-5H2/b9-7+. The molecule has 3 heteroatoms. The third-order valence-corrected chi connectivity index (χ3v) is 2.42. The second-order valence-electron chi connectivity index (χ2n) is 2.76. The van der Waals surface area contributed by atoms with E-state index in [4.69, 9.17) is 16.8 Å². The Hall–Kier alpha value is -0.240. The molecule has 0 spiro atoms. The molecule has 0 atom stereocenters. The number of hydrogen-bond acceptors (Lipinski definition) is 2. The Morgan fingerprint density at radius 1 is 1.30 bits per heavy atom. The van der Waals surface area contributed by atoms with Crippen LogP contribution in [0.25, 0.3) is 0 Å². The highest BCUT2D eigenvalue weighted by molar-refractivity contribution is 6.65. The lowest BCUT2D eigenvalue weighted by Gasteiger charge is -2.18. The normalized spacial score (nSPS) is 23.1. The third kappa shape index (κ3) is 1.87. The molecule has 0 unspecified atom stereocenters. The second kappa shape index (κ2) is 3.81. The number of rotatable bonds is 1. The van der Waals surface area contributed by atoms with Crippen LogP contribution in [0.1, 0.15) is 32.1 Å². The summed E-state index contributed by atoms with van der Waals surface area (Å²) in [4.78, 5) is 0. The van der Waals surface area contributed by atoms with Crippen LogP contribution in [0.15, 0.2) is 5.16 Å². The average molecular weight is 162 g/mol. The molecule has 0 aromatic carbocycles. The second-order valence-corrected chi connectivity index (χ2v) is 3.14. The molecule has 1 saturated carbocycles. The molecule has 1 aliphatic rings. The van der Waals surface area contributed by atoms with Gasteiger partial charge in [-0.15, -0.1) is 0 Å². The first-order valence-electron chi connectivity index (χ1n) is 3.72. The minimum absolute atomic E-state index is 0.334. The van der Waals surface area contributed by atoms with Crippen LogP contribution in [-0.2, 0) is 0 Å². The quantitative estimate of drug-likeness (QED) is 0.358. The average Bonchev–Trinajstić information content (AvgIpc) is 2.05. The lowest BCUT2D eigenvalue weighted by atomic mass is 9.90. The van der Waals surface area contributed by atoms with Gasteiger partial charge in [0.2, 0.25) is 0 Å². The molecule has 1 aliphatic carbocycles. The summed E-state index contributed by atoms with van der Waals surface area (Å²) in [5, 5.41) is 11.7. The smallest absolute Gasteiger partial charge is 0.148 e. The number of halogens is 1. The van der Waals surface area contributed by atoms with Gasteiger partial charge in [0.05, 0.1) is 0 Å². The maximum absolute atomic E-state index is 8.34. The fourth-order valence-corrected chi connectivity index (χ4v) is 1.64. The van der Waals surface area contributed by atoms with E-state index in [1.54, 1.807) is 0 Å². The van der Waals surface area contributed by atoms with Crippen molar-refractivity contribution in [3.63, 3.8) is 0 Å². The zero-order valence-corrected chi connectivity index (χ0v) is 6.64. The number of nitrogens with zero attached hydrogens (tertiary/aromatic N) is 1. The zero-order chi connectivity index (χ0) is 7.40. The van der Waals surface area contributed by atoms with Gasteiger partial charge in [-0.1, -0.05) is 36.0 Å². The molecule has 58 valence electrons. The Bertz CT molecular complexity index is 130. The van der Waals surface area contributed by atoms with Crippen molar-refractivity contribution >= 4 is 16.8 Å². The largest absolute Gasteiger partial charge is 0.410 e. The van der Waals surface area contributed by atoms with E-state index in [2.05, 4.69) is 5.16 Å². The van der Waals surface area contributed by atoms with Crippen molar-refractivity contribution in [1.29, 1.82) is 0 Å². The summed E-state index contributed by atoms with van der Waals surface area (Å²) in [6.07, 6.45) is 5.91. The minimum Gasteiger partial charge on any atom is -0.410 e. The monoisotopic (exact) mass is 161 g/mol. The Labute approximate surface area is 65.9 Å². The van der Waals surface area contributed by atoms with E-state index in [9.17, 15) is 0 Å². The van der Waals surface area contributed by atoms with Crippen molar-refractivity contribution in [1.82, 2.24) is 0 Å². The minimum atomic E-state index is 0.334. The highest BCUT2D eigenvalue weighted by Gasteiger charge is 2.17. The summed E-state index contributed by atoms with van der Waals surface area (Å²) >= 11 is 5.64. The van der Waals surface area contributed by atoms with Gasteiger partial charge >= 0.3 is 0 Å². The lowest BCUT2D eigenvalue weighted by molar-refractivity contribution is 0.312. The summed E-state index contributed by atoms with van der Waals surface area (Å²) in [6, 6.07) is 0. The van der Waals surface area contributed by atoms with Crippen molar-refractivity contribution in [3.8, 4) is 0 Å².